The second kappa shape index (κ2) is 8.63. The Hall–Kier alpha value is -1.43. The highest BCUT2D eigenvalue weighted by molar-refractivity contribution is 5.68. The number of aliphatic carboxylic acids is 1. The minimum Gasteiger partial charge on any atom is -0.480 e. The van der Waals surface area contributed by atoms with Crippen LogP contribution in [0.4, 0.5) is 0 Å². The van der Waals surface area contributed by atoms with Gasteiger partial charge in [0.1, 0.15) is 0 Å². The highest BCUT2D eigenvalue weighted by Crippen LogP contribution is 2.19. The average Bonchev–Trinajstić information content (AvgIpc) is 2.39. The maximum absolute atomic E-state index is 10.4. The maximum atomic E-state index is 10.4. The molecule has 1 aromatic rings. The van der Waals surface area contributed by atoms with Gasteiger partial charge in [-0.2, -0.15) is 0 Å². The molecule has 0 heterocycles. The first-order chi connectivity index (χ1) is 9.17. The van der Waals surface area contributed by atoms with Crippen molar-refractivity contribution in [1.29, 1.82) is 0 Å². The van der Waals surface area contributed by atoms with E-state index in [-0.39, 0.29) is 12.8 Å². The van der Waals surface area contributed by atoms with E-state index in [2.05, 4.69) is 5.32 Å². The van der Waals surface area contributed by atoms with E-state index in [1.165, 1.54) is 0 Å². The summed E-state index contributed by atoms with van der Waals surface area (Å²) in [5, 5.41) is 11.4. The first kappa shape index (κ1) is 15.6. The van der Waals surface area contributed by atoms with Gasteiger partial charge in [-0.3, -0.25) is 4.79 Å². The molecule has 0 spiro atoms. The Bertz CT molecular complexity index is 372. The standard InChI is InChI=1S/C14H21NO4/c1-3-18-14(19-4-2)12-7-5-11(6-8-12)9-15-10-13(16)17/h5-8,14-15H,3-4,9-10H2,1-2H3,(H,16,17). The predicted molar refractivity (Wildman–Crippen MR) is 71.8 cm³/mol. The lowest BCUT2D eigenvalue weighted by molar-refractivity contribution is -0.140. The molecule has 0 unspecified atom stereocenters. The molecule has 2 N–H and O–H groups in total. The summed E-state index contributed by atoms with van der Waals surface area (Å²) in [4.78, 5) is 10.4. The smallest absolute Gasteiger partial charge is 0.317 e. The summed E-state index contributed by atoms with van der Waals surface area (Å²) in [5.74, 6) is -0.857. The van der Waals surface area contributed by atoms with E-state index in [0.29, 0.717) is 19.8 Å². The third kappa shape index (κ3) is 5.83. The lowest BCUT2D eigenvalue weighted by atomic mass is 10.1. The van der Waals surface area contributed by atoms with Gasteiger partial charge < -0.3 is 19.9 Å². The zero-order chi connectivity index (χ0) is 14.1. The van der Waals surface area contributed by atoms with Gasteiger partial charge in [-0.15, -0.1) is 0 Å². The van der Waals surface area contributed by atoms with E-state index < -0.39 is 5.97 Å². The largest absolute Gasteiger partial charge is 0.480 e. The van der Waals surface area contributed by atoms with Crippen LogP contribution in [0.15, 0.2) is 24.3 Å². The molecule has 0 aliphatic heterocycles. The maximum Gasteiger partial charge on any atom is 0.317 e. The number of carboxylic acids is 1. The van der Waals surface area contributed by atoms with Crippen molar-refractivity contribution in [3.8, 4) is 0 Å². The van der Waals surface area contributed by atoms with Crippen molar-refractivity contribution in [2.24, 2.45) is 0 Å². The fourth-order valence-corrected chi connectivity index (χ4v) is 1.65. The van der Waals surface area contributed by atoms with Crippen molar-refractivity contribution in [2.75, 3.05) is 19.8 Å². The molecule has 0 saturated heterocycles. The normalized spacial score (nSPS) is 10.9. The number of hydrogen-bond donors (Lipinski definition) is 2. The number of carboxylic acid groups (broad SMARTS) is 1. The van der Waals surface area contributed by atoms with E-state index in [1.54, 1.807) is 0 Å². The highest BCUT2D eigenvalue weighted by Gasteiger charge is 2.10. The Kier molecular flexibility index (Phi) is 7.10. The lowest BCUT2D eigenvalue weighted by Crippen LogP contribution is -2.21. The van der Waals surface area contributed by atoms with Crippen molar-refractivity contribution in [1.82, 2.24) is 5.32 Å². The lowest BCUT2D eigenvalue weighted by Gasteiger charge is -2.17. The first-order valence-corrected chi connectivity index (χ1v) is 6.41. The number of hydrogen-bond acceptors (Lipinski definition) is 4. The van der Waals surface area contributed by atoms with Gasteiger partial charge in [0, 0.05) is 25.3 Å². The molecule has 106 valence electrons. The summed E-state index contributed by atoms with van der Waals surface area (Å²) in [7, 11) is 0. The number of ether oxygens (including phenoxy) is 2. The SMILES string of the molecule is CCOC(OCC)c1ccc(CNCC(=O)O)cc1. The summed E-state index contributed by atoms with van der Waals surface area (Å²) in [6.45, 7) is 5.52. The Morgan fingerprint density at radius 1 is 1.21 bits per heavy atom. The molecule has 0 fully saturated rings. The van der Waals surface area contributed by atoms with Crippen LogP contribution >= 0.6 is 0 Å². The Labute approximate surface area is 113 Å². The summed E-state index contributed by atoms with van der Waals surface area (Å²) in [6.07, 6.45) is -0.337. The van der Waals surface area contributed by atoms with Gasteiger partial charge in [0.15, 0.2) is 6.29 Å². The monoisotopic (exact) mass is 267 g/mol. The van der Waals surface area contributed by atoms with E-state index in [0.717, 1.165) is 11.1 Å². The van der Waals surface area contributed by atoms with E-state index >= 15 is 0 Å². The van der Waals surface area contributed by atoms with Crippen LogP contribution in [-0.4, -0.2) is 30.8 Å². The van der Waals surface area contributed by atoms with Crippen LogP contribution < -0.4 is 5.32 Å². The van der Waals surface area contributed by atoms with Crippen molar-refractivity contribution in [2.45, 2.75) is 26.7 Å². The molecule has 5 nitrogen and oxygen atoms in total. The first-order valence-electron chi connectivity index (χ1n) is 6.41. The van der Waals surface area contributed by atoms with Crippen LogP contribution in [0, 0.1) is 0 Å². The van der Waals surface area contributed by atoms with Crippen molar-refractivity contribution in [3.05, 3.63) is 35.4 Å². The fraction of sp³-hybridized carbons (Fsp3) is 0.500. The zero-order valence-corrected chi connectivity index (χ0v) is 11.4. The molecule has 0 aliphatic rings. The van der Waals surface area contributed by atoms with E-state index in [1.807, 2.05) is 38.1 Å². The molecule has 0 aromatic heterocycles. The van der Waals surface area contributed by atoms with Crippen LogP contribution in [0.5, 0.6) is 0 Å². The third-order valence-electron chi connectivity index (χ3n) is 2.49. The van der Waals surface area contributed by atoms with Crippen LogP contribution in [0.2, 0.25) is 0 Å². The summed E-state index contributed by atoms with van der Waals surface area (Å²) in [6, 6.07) is 7.76. The topological polar surface area (TPSA) is 67.8 Å². The van der Waals surface area contributed by atoms with Crippen LogP contribution in [0.3, 0.4) is 0 Å². The fourth-order valence-electron chi connectivity index (χ4n) is 1.65. The Morgan fingerprint density at radius 3 is 2.26 bits per heavy atom. The molecule has 0 saturated carbocycles. The molecule has 0 bridgehead atoms. The molecule has 19 heavy (non-hydrogen) atoms. The molecule has 0 atom stereocenters. The quantitative estimate of drug-likeness (QED) is 0.669. The highest BCUT2D eigenvalue weighted by atomic mass is 16.7. The number of nitrogens with one attached hydrogen (secondary N) is 1. The molecule has 0 amide bonds. The molecule has 0 aliphatic carbocycles. The van der Waals surface area contributed by atoms with E-state index in [4.69, 9.17) is 14.6 Å². The molecule has 5 heteroatoms. The molecular weight excluding hydrogens is 246 g/mol. The van der Waals surface area contributed by atoms with Crippen molar-refractivity contribution < 1.29 is 19.4 Å². The Morgan fingerprint density at radius 2 is 1.79 bits per heavy atom. The zero-order valence-electron chi connectivity index (χ0n) is 11.4. The predicted octanol–water partition coefficient (Wildman–Crippen LogP) is 1.93. The third-order valence-corrected chi connectivity index (χ3v) is 2.49. The molecule has 0 radical (unpaired) electrons. The average molecular weight is 267 g/mol. The molecule has 1 aromatic carbocycles. The van der Waals surface area contributed by atoms with Crippen LogP contribution in [0.25, 0.3) is 0 Å². The minimum atomic E-state index is -0.857. The van der Waals surface area contributed by atoms with Gasteiger partial charge in [-0.05, 0) is 19.4 Å². The van der Waals surface area contributed by atoms with Gasteiger partial charge in [-0.1, -0.05) is 24.3 Å². The van der Waals surface area contributed by atoms with Gasteiger partial charge in [0.25, 0.3) is 0 Å². The Balaban J connectivity index is 2.55. The summed E-state index contributed by atoms with van der Waals surface area (Å²) >= 11 is 0. The number of carbonyl (C=O) groups is 1. The number of benzene rings is 1. The van der Waals surface area contributed by atoms with E-state index in [9.17, 15) is 4.79 Å². The number of rotatable bonds is 9. The van der Waals surface area contributed by atoms with Crippen LogP contribution in [0.1, 0.15) is 31.3 Å². The van der Waals surface area contributed by atoms with Gasteiger partial charge >= 0.3 is 5.97 Å². The van der Waals surface area contributed by atoms with Gasteiger partial charge in [0.2, 0.25) is 0 Å². The molecule has 1 rings (SSSR count). The second-order valence-corrected chi connectivity index (χ2v) is 3.98. The van der Waals surface area contributed by atoms with Crippen molar-refractivity contribution in [3.63, 3.8) is 0 Å². The summed E-state index contributed by atoms with van der Waals surface area (Å²) < 4.78 is 11.0. The summed E-state index contributed by atoms with van der Waals surface area (Å²) in [5.41, 5.74) is 1.99. The molecular formula is C14H21NO4. The van der Waals surface area contributed by atoms with Gasteiger partial charge in [0.05, 0.1) is 6.54 Å². The minimum absolute atomic E-state index is 0.0394. The van der Waals surface area contributed by atoms with Crippen LogP contribution in [-0.2, 0) is 20.8 Å². The van der Waals surface area contributed by atoms with Crippen molar-refractivity contribution >= 4 is 5.97 Å². The second-order valence-electron chi connectivity index (χ2n) is 3.98. The van der Waals surface area contributed by atoms with Gasteiger partial charge in [-0.25, -0.2) is 0 Å².